The number of primary amides is 1. The number of hydrogen-bond acceptors (Lipinski definition) is 2. The summed E-state index contributed by atoms with van der Waals surface area (Å²) in [6, 6.07) is 3.51. The van der Waals surface area contributed by atoms with E-state index in [0.29, 0.717) is 19.4 Å². The molecule has 1 aromatic heterocycles. The van der Waals surface area contributed by atoms with Gasteiger partial charge < -0.3 is 15.2 Å². The Labute approximate surface area is 100 Å². The number of rotatable bonds is 4. The van der Waals surface area contributed by atoms with Crippen molar-refractivity contribution in [3.63, 3.8) is 0 Å². The van der Waals surface area contributed by atoms with Crippen molar-refractivity contribution in [2.45, 2.75) is 31.8 Å². The first-order valence-corrected chi connectivity index (χ1v) is 5.84. The molecular formula is C12H17N3O2. The second-order valence-electron chi connectivity index (χ2n) is 4.36. The summed E-state index contributed by atoms with van der Waals surface area (Å²) in [5.41, 5.74) is 5.31. The number of likely N-dealkylation sites (tertiary alicyclic amines) is 1. The zero-order chi connectivity index (χ0) is 12.4. The van der Waals surface area contributed by atoms with E-state index in [1.165, 1.54) is 0 Å². The maximum absolute atomic E-state index is 11.9. The van der Waals surface area contributed by atoms with Crippen molar-refractivity contribution in [1.82, 2.24) is 9.47 Å². The predicted octanol–water partition coefficient (Wildman–Crippen LogP) is 0.525. The monoisotopic (exact) mass is 235 g/mol. The summed E-state index contributed by atoms with van der Waals surface area (Å²) in [5, 5.41) is 0. The summed E-state index contributed by atoms with van der Waals surface area (Å²) in [7, 11) is 0. The first-order chi connectivity index (χ1) is 8.13. The third-order valence-corrected chi connectivity index (χ3v) is 3.28. The molecule has 0 aromatic carbocycles. The van der Waals surface area contributed by atoms with E-state index in [1.54, 1.807) is 4.90 Å². The quantitative estimate of drug-likeness (QED) is 0.827. The van der Waals surface area contributed by atoms with Crippen LogP contribution in [0.2, 0.25) is 0 Å². The van der Waals surface area contributed by atoms with Gasteiger partial charge in [0.15, 0.2) is 0 Å². The number of carbonyl (C=O) groups is 2. The number of nitrogens with two attached hydrogens (primary N) is 1. The lowest BCUT2D eigenvalue weighted by Gasteiger charge is -2.24. The summed E-state index contributed by atoms with van der Waals surface area (Å²) in [6.07, 6.45) is 4.89. The van der Waals surface area contributed by atoms with Gasteiger partial charge in [-0.3, -0.25) is 9.59 Å². The molecule has 92 valence electrons. The molecule has 2 amide bonds. The van der Waals surface area contributed by atoms with E-state index >= 15 is 0 Å². The fourth-order valence-electron chi connectivity index (χ4n) is 2.38. The highest BCUT2D eigenvalue weighted by Crippen LogP contribution is 2.25. The van der Waals surface area contributed by atoms with Gasteiger partial charge in [-0.15, -0.1) is 0 Å². The second-order valence-corrected chi connectivity index (χ2v) is 4.36. The van der Waals surface area contributed by atoms with E-state index in [-0.39, 0.29) is 11.9 Å². The highest BCUT2D eigenvalue weighted by atomic mass is 16.2. The first-order valence-electron chi connectivity index (χ1n) is 5.84. The standard InChI is InChI=1S/C12H17N3O2/c1-2-10(12(13)17)15-8-9(7-11(15)16)14-5-3-4-6-14/h3-6,9-10H,2,7-8H2,1H3,(H2,13,17). The van der Waals surface area contributed by atoms with E-state index in [0.717, 1.165) is 0 Å². The summed E-state index contributed by atoms with van der Waals surface area (Å²) in [4.78, 5) is 24.8. The molecule has 2 atom stereocenters. The molecule has 2 unspecified atom stereocenters. The normalized spacial score (nSPS) is 21.8. The number of amides is 2. The Morgan fingerprint density at radius 1 is 1.53 bits per heavy atom. The molecule has 2 N–H and O–H groups in total. The number of hydrogen-bond donors (Lipinski definition) is 1. The minimum absolute atomic E-state index is 0.00866. The Morgan fingerprint density at radius 2 is 2.18 bits per heavy atom. The molecule has 5 nitrogen and oxygen atoms in total. The maximum Gasteiger partial charge on any atom is 0.240 e. The van der Waals surface area contributed by atoms with E-state index in [9.17, 15) is 9.59 Å². The Balaban J connectivity index is 2.12. The van der Waals surface area contributed by atoms with Gasteiger partial charge in [0.05, 0.1) is 6.04 Å². The Morgan fingerprint density at radius 3 is 2.71 bits per heavy atom. The van der Waals surface area contributed by atoms with Crippen molar-refractivity contribution < 1.29 is 9.59 Å². The smallest absolute Gasteiger partial charge is 0.240 e. The van der Waals surface area contributed by atoms with Crippen LogP contribution in [0.4, 0.5) is 0 Å². The lowest BCUT2D eigenvalue weighted by atomic mass is 10.2. The molecule has 2 rings (SSSR count). The molecule has 2 heterocycles. The zero-order valence-corrected chi connectivity index (χ0v) is 9.87. The predicted molar refractivity (Wildman–Crippen MR) is 63.1 cm³/mol. The van der Waals surface area contributed by atoms with Crippen LogP contribution in [0.1, 0.15) is 25.8 Å². The van der Waals surface area contributed by atoms with Gasteiger partial charge in [-0.05, 0) is 18.6 Å². The van der Waals surface area contributed by atoms with Gasteiger partial charge in [-0.2, -0.15) is 0 Å². The maximum atomic E-state index is 11.9. The average Bonchev–Trinajstić information content (AvgIpc) is 2.89. The van der Waals surface area contributed by atoms with Gasteiger partial charge >= 0.3 is 0 Å². The minimum atomic E-state index is -0.469. The van der Waals surface area contributed by atoms with Gasteiger partial charge in [0.2, 0.25) is 11.8 Å². The largest absolute Gasteiger partial charge is 0.368 e. The third-order valence-electron chi connectivity index (χ3n) is 3.28. The molecule has 1 saturated heterocycles. The topological polar surface area (TPSA) is 68.3 Å². The zero-order valence-electron chi connectivity index (χ0n) is 9.87. The van der Waals surface area contributed by atoms with E-state index in [4.69, 9.17) is 5.73 Å². The first kappa shape index (κ1) is 11.7. The van der Waals surface area contributed by atoms with Crippen molar-refractivity contribution in [3.05, 3.63) is 24.5 Å². The number of aromatic nitrogens is 1. The fourth-order valence-corrected chi connectivity index (χ4v) is 2.38. The van der Waals surface area contributed by atoms with Crippen LogP contribution >= 0.6 is 0 Å². The molecular weight excluding hydrogens is 218 g/mol. The molecule has 0 aliphatic carbocycles. The van der Waals surface area contributed by atoms with Gasteiger partial charge in [-0.1, -0.05) is 6.92 Å². The fraction of sp³-hybridized carbons (Fsp3) is 0.500. The van der Waals surface area contributed by atoms with Crippen molar-refractivity contribution in [2.24, 2.45) is 5.73 Å². The molecule has 0 spiro atoms. The average molecular weight is 235 g/mol. The van der Waals surface area contributed by atoms with Crippen LogP contribution in [0.25, 0.3) is 0 Å². The summed E-state index contributed by atoms with van der Waals surface area (Å²) in [6.45, 7) is 2.43. The molecule has 1 aliphatic rings. The summed E-state index contributed by atoms with van der Waals surface area (Å²) < 4.78 is 2.01. The van der Waals surface area contributed by atoms with Crippen LogP contribution in [0.15, 0.2) is 24.5 Å². The molecule has 1 aliphatic heterocycles. The lowest BCUT2D eigenvalue weighted by molar-refractivity contribution is -0.136. The molecule has 17 heavy (non-hydrogen) atoms. The van der Waals surface area contributed by atoms with E-state index < -0.39 is 11.9 Å². The second kappa shape index (κ2) is 4.61. The molecule has 5 heteroatoms. The SMILES string of the molecule is CCC(C(N)=O)N1CC(n2cccc2)CC1=O. The number of nitrogens with zero attached hydrogens (tertiary/aromatic N) is 2. The van der Waals surface area contributed by atoms with Crippen LogP contribution in [0, 0.1) is 0 Å². The summed E-state index contributed by atoms with van der Waals surface area (Å²) in [5.74, 6) is -0.414. The van der Waals surface area contributed by atoms with Crippen molar-refractivity contribution in [1.29, 1.82) is 0 Å². The highest BCUT2D eigenvalue weighted by molar-refractivity contribution is 5.87. The van der Waals surface area contributed by atoms with Crippen molar-refractivity contribution in [3.8, 4) is 0 Å². The van der Waals surface area contributed by atoms with E-state index in [2.05, 4.69) is 0 Å². The minimum Gasteiger partial charge on any atom is -0.368 e. The van der Waals surface area contributed by atoms with Gasteiger partial charge in [-0.25, -0.2) is 0 Å². The lowest BCUT2D eigenvalue weighted by Crippen LogP contribution is -2.45. The van der Waals surface area contributed by atoms with Gasteiger partial charge in [0.1, 0.15) is 6.04 Å². The van der Waals surface area contributed by atoms with Crippen LogP contribution in [0.3, 0.4) is 0 Å². The van der Waals surface area contributed by atoms with Crippen LogP contribution in [-0.2, 0) is 9.59 Å². The van der Waals surface area contributed by atoms with Crippen molar-refractivity contribution in [2.75, 3.05) is 6.54 Å². The Hall–Kier alpha value is -1.78. The van der Waals surface area contributed by atoms with Crippen molar-refractivity contribution >= 4 is 11.8 Å². The van der Waals surface area contributed by atoms with E-state index in [1.807, 2.05) is 36.0 Å². The van der Waals surface area contributed by atoms with Crippen LogP contribution in [-0.4, -0.2) is 33.9 Å². The molecule has 0 bridgehead atoms. The van der Waals surface area contributed by atoms with Gasteiger partial charge in [0.25, 0.3) is 0 Å². The molecule has 1 aromatic rings. The Bertz CT molecular complexity index is 413. The van der Waals surface area contributed by atoms with Crippen LogP contribution in [0.5, 0.6) is 0 Å². The molecule has 1 fully saturated rings. The van der Waals surface area contributed by atoms with Crippen LogP contribution < -0.4 is 5.73 Å². The number of carbonyl (C=O) groups excluding carboxylic acids is 2. The summed E-state index contributed by atoms with van der Waals surface area (Å²) >= 11 is 0. The molecule has 0 saturated carbocycles. The third kappa shape index (κ3) is 2.18. The Kier molecular flexibility index (Phi) is 3.17. The molecule has 0 radical (unpaired) electrons. The highest BCUT2D eigenvalue weighted by Gasteiger charge is 2.36. The van der Waals surface area contributed by atoms with Gasteiger partial charge in [0, 0.05) is 25.4 Å².